The van der Waals surface area contributed by atoms with E-state index >= 15 is 0 Å². The fraction of sp³-hybridized carbons (Fsp3) is 0.0741. The van der Waals surface area contributed by atoms with Crippen LogP contribution in [0.2, 0.25) is 0 Å². The third-order valence-corrected chi connectivity index (χ3v) is 4.74. The normalized spacial score (nSPS) is 11.7. The molecular weight excluding hydrogens is 450 g/mol. The Morgan fingerprint density at radius 2 is 1.74 bits per heavy atom. The number of carbonyl (C=O) groups excluding carboxylic acids is 2. The Morgan fingerprint density at radius 3 is 2.46 bits per heavy atom. The molecule has 178 valence electrons. The molecule has 0 aliphatic heterocycles. The van der Waals surface area contributed by atoms with Crippen molar-refractivity contribution < 1.29 is 34.4 Å². The lowest BCUT2D eigenvalue weighted by molar-refractivity contribution is -0.110. The number of aromatic nitrogens is 1. The van der Waals surface area contributed by atoms with Crippen LogP contribution in [0.15, 0.2) is 84.9 Å². The SMILES string of the molecule is COc1cc(/C=C/C(=O)C=C(O)/C=C/c2ccc(OC(=O)c3cccnc3)c(CO)c2)ccc1O. The number of pyridine rings is 1. The molecule has 0 fully saturated rings. The smallest absolute Gasteiger partial charge is 0.345 e. The number of nitrogens with zero attached hydrogens (tertiary/aromatic N) is 1. The molecule has 0 aliphatic carbocycles. The van der Waals surface area contributed by atoms with Crippen molar-refractivity contribution in [2.45, 2.75) is 6.61 Å². The molecule has 8 heteroatoms. The predicted octanol–water partition coefficient (Wildman–Crippen LogP) is 4.24. The van der Waals surface area contributed by atoms with Crippen LogP contribution in [-0.2, 0) is 11.4 Å². The summed E-state index contributed by atoms with van der Waals surface area (Å²) in [4.78, 5) is 28.2. The van der Waals surface area contributed by atoms with E-state index in [1.807, 2.05) is 0 Å². The first-order chi connectivity index (χ1) is 16.9. The van der Waals surface area contributed by atoms with Gasteiger partial charge in [0.25, 0.3) is 0 Å². The highest BCUT2D eigenvalue weighted by Gasteiger charge is 2.12. The molecule has 3 N–H and O–H groups in total. The van der Waals surface area contributed by atoms with Gasteiger partial charge in [-0.2, -0.15) is 0 Å². The van der Waals surface area contributed by atoms with Crippen molar-refractivity contribution in [1.82, 2.24) is 4.98 Å². The first-order valence-corrected chi connectivity index (χ1v) is 10.4. The second-order valence-corrected chi connectivity index (χ2v) is 7.23. The molecule has 0 bridgehead atoms. The van der Waals surface area contributed by atoms with Crippen molar-refractivity contribution in [3.05, 3.63) is 107 Å². The van der Waals surface area contributed by atoms with Gasteiger partial charge in [-0.3, -0.25) is 9.78 Å². The Kier molecular flexibility index (Phi) is 8.53. The molecule has 35 heavy (non-hydrogen) atoms. The topological polar surface area (TPSA) is 126 Å². The van der Waals surface area contributed by atoms with Gasteiger partial charge in [0.1, 0.15) is 11.5 Å². The van der Waals surface area contributed by atoms with Crippen molar-refractivity contribution in [2.75, 3.05) is 7.11 Å². The third-order valence-electron chi connectivity index (χ3n) is 4.74. The monoisotopic (exact) mass is 473 g/mol. The van der Waals surface area contributed by atoms with Crippen molar-refractivity contribution in [3.8, 4) is 17.2 Å². The third kappa shape index (κ3) is 7.15. The number of aliphatic hydroxyl groups excluding tert-OH is 2. The largest absolute Gasteiger partial charge is 0.508 e. The Morgan fingerprint density at radius 1 is 1.00 bits per heavy atom. The van der Waals surface area contributed by atoms with Crippen LogP contribution >= 0.6 is 0 Å². The molecule has 0 atom stereocenters. The van der Waals surface area contributed by atoms with Crippen LogP contribution in [0, 0.1) is 0 Å². The molecule has 1 aromatic heterocycles. The number of aromatic hydroxyl groups is 1. The van der Waals surface area contributed by atoms with Crippen molar-refractivity contribution in [1.29, 1.82) is 0 Å². The molecule has 3 rings (SSSR count). The van der Waals surface area contributed by atoms with E-state index in [9.17, 15) is 24.9 Å². The number of aliphatic hydroxyl groups is 2. The van der Waals surface area contributed by atoms with Gasteiger partial charge in [0, 0.05) is 24.0 Å². The maximum Gasteiger partial charge on any atom is 0.345 e. The molecule has 0 spiro atoms. The number of hydrogen-bond acceptors (Lipinski definition) is 8. The van der Waals surface area contributed by atoms with Gasteiger partial charge in [0.15, 0.2) is 17.3 Å². The number of hydrogen-bond donors (Lipinski definition) is 3. The maximum atomic E-state index is 12.2. The van der Waals surface area contributed by atoms with Crippen LogP contribution in [0.4, 0.5) is 0 Å². The summed E-state index contributed by atoms with van der Waals surface area (Å²) in [5.74, 6) is -0.865. The van der Waals surface area contributed by atoms with Crippen LogP contribution in [0.5, 0.6) is 17.2 Å². The summed E-state index contributed by atoms with van der Waals surface area (Å²) in [7, 11) is 1.42. The van der Waals surface area contributed by atoms with E-state index in [4.69, 9.17) is 9.47 Å². The van der Waals surface area contributed by atoms with Gasteiger partial charge in [-0.1, -0.05) is 24.3 Å². The van der Waals surface area contributed by atoms with Crippen molar-refractivity contribution in [3.63, 3.8) is 0 Å². The predicted molar refractivity (Wildman–Crippen MR) is 130 cm³/mol. The van der Waals surface area contributed by atoms with Gasteiger partial charge in [-0.25, -0.2) is 4.79 Å². The first-order valence-electron chi connectivity index (χ1n) is 10.4. The number of phenols is 1. The van der Waals surface area contributed by atoms with Gasteiger partial charge in [0.2, 0.25) is 0 Å². The summed E-state index contributed by atoms with van der Waals surface area (Å²) in [6.45, 7) is -0.371. The van der Waals surface area contributed by atoms with E-state index in [-0.39, 0.29) is 35.2 Å². The molecule has 2 aromatic carbocycles. The highest BCUT2D eigenvalue weighted by Crippen LogP contribution is 2.27. The number of methoxy groups -OCH3 is 1. The number of ketones is 1. The van der Waals surface area contributed by atoms with Gasteiger partial charge in [-0.15, -0.1) is 0 Å². The lowest BCUT2D eigenvalue weighted by atomic mass is 10.1. The molecule has 0 saturated carbocycles. The fourth-order valence-electron chi connectivity index (χ4n) is 2.97. The zero-order valence-corrected chi connectivity index (χ0v) is 18.8. The molecule has 0 aliphatic rings. The van der Waals surface area contributed by atoms with E-state index in [1.54, 1.807) is 42.5 Å². The Balaban J connectivity index is 1.66. The zero-order valence-electron chi connectivity index (χ0n) is 18.8. The maximum absolute atomic E-state index is 12.2. The van der Waals surface area contributed by atoms with E-state index in [1.165, 1.54) is 49.9 Å². The fourth-order valence-corrected chi connectivity index (χ4v) is 2.97. The minimum absolute atomic E-state index is 0.0114. The van der Waals surface area contributed by atoms with Crippen LogP contribution in [-0.4, -0.2) is 39.2 Å². The summed E-state index contributed by atoms with van der Waals surface area (Å²) < 4.78 is 10.4. The van der Waals surface area contributed by atoms with Crippen LogP contribution in [0.25, 0.3) is 12.2 Å². The quantitative estimate of drug-likeness (QED) is 0.138. The Bertz CT molecular complexity index is 1290. The average Bonchev–Trinajstić information content (AvgIpc) is 2.88. The van der Waals surface area contributed by atoms with Crippen molar-refractivity contribution >= 4 is 23.9 Å². The minimum Gasteiger partial charge on any atom is -0.508 e. The van der Waals surface area contributed by atoms with Gasteiger partial charge in [-0.05, 0) is 59.7 Å². The van der Waals surface area contributed by atoms with Gasteiger partial charge < -0.3 is 24.8 Å². The molecule has 1 heterocycles. The number of ether oxygens (including phenoxy) is 2. The lowest BCUT2D eigenvalue weighted by Gasteiger charge is -2.09. The Labute approximate surface area is 201 Å². The van der Waals surface area contributed by atoms with Gasteiger partial charge >= 0.3 is 5.97 Å². The van der Waals surface area contributed by atoms with Crippen LogP contribution in [0.1, 0.15) is 27.0 Å². The molecule has 3 aromatic rings. The molecule has 0 unspecified atom stereocenters. The van der Waals surface area contributed by atoms with Crippen LogP contribution < -0.4 is 9.47 Å². The molecule has 0 radical (unpaired) electrons. The van der Waals surface area contributed by atoms with E-state index in [2.05, 4.69) is 4.98 Å². The number of allylic oxidation sites excluding steroid dienone is 3. The highest BCUT2D eigenvalue weighted by molar-refractivity contribution is 6.02. The number of benzene rings is 2. The minimum atomic E-state index is -0.603. The number of esters is 1. The molecule has 8 nitrogen and oxygen atoms in total. The van der Waals surface area contributed by atoms with Gasteiger partial charge in [0.05, 0.1) is 19.3 Å². The molecular formula is C27H23NO7. The molecule has 0 saturated heterocycles. The number of carbonyl (C=O) groups is 2. The summed E-state index contributed by atoms with van der Waals surface area (Å²) in [6, 6.07) is 12.6. The van der Waals surface area contributed by atoms with E-state index < -0.39 is 11.8 Å². The first kappa shape index (κ1) is 24.9. The summed E-state index contributed by atoms with van der Waals surface area (Å²) in [5, 5.41) is 29.3. The summed E-state index contributed by atoms with van der Waals surface area (Å²) in [5.41, 5.74) is 1.89. The zero-order chi connectivity index (χ0) is 25.2. The second-order valence-electron chi connectivity index (χ2n) is 7.23. The number of rotatable bonds is 9. The van der Waals surface area contributed by atoms with Crippen molar-refractivity contribution in [2.24, 2.45) is 0 Å². The standard InChI is InChI=1S/C27H23NO7/c1-34-26-14-19(6-10-24(26)32)5-9-23(31)15-22(30)8-4-18-7-11-25(21(13-18)17-29)35-27(33)20-3-2-12-28-16-20/h2-16,29-30,32H,17H2,1H3/b8-4+,9-5+,22-15?. The summed E-state index contributed by atoms with van der Waals surface area (Å²) >= 11 is 0. The van der Waals surface area contributed by atoms with Crippen LogP contribution in [0.3, 0.4) is 0 Å². The lowest BCUT2D eigenvalue weighted by Crippen LogP contribution is -2.10. The second kappa shape index (κ2) is 12.0. The van der Waals surface area contributed by atoms with E-state index in [0.717, 1.165) is 6.08 Å². The Hall–Kier alpha value is -4.69. The average molecular weight is 473 g/mol. The molecule has 0 amide bonds. The number of phenolic OH excluding ortho intramolecular Hbond substituents is 1. The highest BCUT2D eigenvalue weighted by atomic mass is 16.5. The summed E-state index contributed by atoms with van der Waals surface area (Å²) in [6.07, 6.45) is 9.62. The van der Waals surface area contributed by atoms with E-state index in [0.29, 0.717) is 16.7 Å².